The predicted molar refractivity (Wildman–Crippen MR) is 72.5 cm³/mol. The second-order valence-electron chi connectivity index (χ2n) is 3.68. The third-order valence-electron chi connectivity index (χ3n) is 2.33. The zero-order chi connectivity index (χ0) is 14.7. The van der Waals surface area contributed by atoms with Crippen molar-refractivity contribution in [2.24, 2.45) is 0 Å². The number of rotatable bonds is 3. The number of nitro groups is 1. The topological polar surface area (TPSA) is 124 Å². The molecule has 0 spiro atoms. The van der Waals surface area contributed by atoms with Gasteiger partial charge < -0.3 is 11.1 Å². The molecule has 0 atom stereocenters. The number of halogens is 1. The van der Waals surface area contributed by atoms with Gasteiger partial charge in [0, 0.05) is 12.3 Å². The van der Waals surface area contributed by atoms with Gasteiger partial charge in [0.25, 0.3) is 5.91 Å². The summed E-state index contributed by atoms with van der Waals surface area (Å²) in [6.07, 6.45) is 1.30. The number of carbonyl (C=O) groups is 1. The first kappa shape index (κ1) is 13.7. The highest BCUT2D eigenvalue weighted by molar-refractivity contribution is 6.29. The van der Waals surface area contributed by atoms with E-state index < -0.39 is 10.8 Å². The van der Waals surface area contributed by atoms with Crippen LogP contribution in [-0.2, 0) is 0 Å². The van der Waals surface area contributed by atoms with E-state index in [0.717, 1.165) is 6.07 Å². The van der Waals surface area contributed by atoms with Gasteiger partial charge in [0.15, 0.2) is 0 Å². The molecule has 0 aliphatic heterocycles. The lowest BCUT2D eigenvalue weighted by Gasteiger charge is -2.05. The smallest absolute Gasteiger partial charge is 0.311 e. The maximum atomic E-state index is 11.8. The Bertz CT molecular complexity index is 674. The van der Waals surface area contributed by atoms with Gasteiger partial charge in [-0.15, -0.1) is 0 Å². The average molecular weight is 294 g/mol. The monoisotopic (exact) mass is 293 g/mol. The Morgan fingerprint density at radius 3 is 2.65 bits per heavy atom. The molecular weight excluding hydrogens is 286 g/mol. The van der Waals surface area contributed by atoms with Crippen LogP contribution in [0.1, 0.15) is 10.4 Å². The van der Waals surface area contributed by atoms with E-state index in [1.807, 2.05) is 0 Å². The van der Waals surface area contributed by atoms with E-state index in [-0.39, 0.29) is 28.0 Å². The first-order valence-electron chi connectivity index (χ1n) is 5.31. The minimum Gasteiger partial charge on any atom is -0.378 e. The van der Waals surface area contributed by atoms with E-state index in [4.69, 9.17) is 17.3 Å². The second kappa shape index (κ2) is 5.49. The molecular formula is C11H8ClN5O3. The van der Waals surface area contributed by atoms with Crippen LogP contribution in [0, 0.1) is 10.1 Å². The van der Waals surface area contributed by atoms with Crippen molar-refractivity contribution >= 4 is 34.8 Å². The molecule has 1 amide bonds. The van der Waals surface area contributed by atoms with Crippen molar-refractivity contribution in [2.75, 3.05) is 11.1 Å². The Balaban J connectivity index is 2.18. The number of pyridine rings is 2. The van der Waals surface area contributed by atoms with Gasteiger partial charge in [0.1, 0.15) is 11.0 Å². The molecule has 0 fully saturated rings. The van der Waals surface area contributed by atoms with Crippen molar-refractivity contribution in [1.82, 2.24) is 9.97 Å². The van der Waals surface area contributed by atoms with Gasteiger partial charge in [-0.3, -0.25) is 14.9 Å². The number of amides is 1. The summed E-state index contributed by atoms with van der Waals surface area (Å²) in [5.41, 5.74) is 5.37. The standard InChI is InChI=1S/C11H8ClN5O3/c12-8-3-1-6(5-14-8)11(18)16-9-4-2-7(17(19)20)10(13)15-9/h1-5H,(H3,13,15,16,18). The molecule has 0 radical (unpaired) electrons. The summed E-state index contributed by atoms with van der Waals surface area (Å²) >= 11 is 5.61. The minimum atomic E-state index is -0.656. The van der Waals surface area contributed by atoms with E-state index in [9.17, 15) is 14.9 Å². The first-order chi connectivity index (χ1) is 9.47. The van der Waals surface area contributed by atoms with Gasteiger partial charge in [0.2, 0.25) is 5.82 Å². The maximum absolute atomic E-state index is 11.8. The second-order valence-corrected chi connectivity index (χ2v) is 4.07. The van der Waals surface area contributed by atoms with E-state index in [2.05, 4.69) is 15.3 Å². The summed E-state index contributed by atoms with van der Waals surface area (Å²) in [5.74, 6) is -0.648. The van der Waals surface area contributed by atoms with Crippen LogP contribution >= 0.6 is 11.6 Å². The van der Waals surface area contributed by atoms with Gasteiger partial charge in [-0.05, 0) is 18.2 Å². The summed E-state index contributed by atoms with van der Waals surface area (Å²) in [7, 11) is 0. The van der Waals surface area contributed by atoms with E-state index in [1.54, 1.807) is 0 Å². The van der Waals surface area contributed by atoms with Crippen LogP contribution in [0.5, 0.6) is 0 Å². The molecule has 2 aromatic rings. The molecule has 102 valence electrons. The van der Waals surface area contributed by atoms with Crippen LogP contribution in [0.2, 0.25) is 5.15 Å². The molecule has 0 unspecified atom stereocenters. The molecule has 3 N–H and O–H groups in total. The van der Waals surface area contributed by atoms with Gasteiger partial charge in [0.05, 0.1) is 10.5 Å². The molecule has 20 heavy (non-hydrogen) atoms. The summed E-state index contributed by atoms with van der Waals surface area (Å²) in [6.45, 7) is 0. The van der Waals surface area contributed by atoms with Gasteiger partial charge in [-0.25, -0.2) is 9.97 Å². The average Bonchev–Trinajstić information content (AvgIpc) is 2.39. The number of aromatic nitrogens is 2. The molecule has 0 aromatic carbocycles. The van der Waals surface area contributed by atoms with E-state index in [1.165, 1.54) is 24.4 Å². The summed E-state index contributed by atoms with van der Waals surface area (Å²) in [4.78, 5) is 29.3. The lowest BCUT2D eigenvalue weighted by molar-refractivity contribution is -0.384. The number of hydrogen-bond donors (Lipinski definition) is 2. The highest BCUT2D eigenvalue weighted by Crippen LogP contribution is 2.21. The molecule has 0 saturated heterocycles. The lowest BCUT2D eigenvalue weighted by atomic mass is 10.2. The molecule has 2 heterocycles. The quantitative estimate of drug-likeness (QED) is 0.505. The van der Waals surface area contributed by atoms with Crippen molar-refractivity contribution in [3.63, 3.8) is 0 Å². The molecule has 9 heteroatoms. The zero-order valence-corrected chi connectivity index (χ0v) is 10.7. The van der Waals surface area contributed by atoms with Crippen LogP contribution < -0.4 is 11.1 Å². The summed E-state index contributed by atoms with van der Waals surface area (Å²) in [6, 6.07) is 5.40. The first-order valence-corrected chi connectivity index (χ1v) is 5.69. The van der Waals surface area contributed by atoms with Crippen molar-refractivity contribution in [2.45, 2.75) is 0 Å². The zero-order valence-electron chi connectivity index (χ0n) is 9.91. The lowest BCUT2D eigenvalue weighted by Crippen LogP contribution is -2.14. The Morgan fingerprint density at radius 1 is 1.35 bits per heavy atom. The van der Waals surface area contributed by atoms with Crippen molar-refractivity contribution < 1.29 is 9.72 Å². The van der Waals surface area contributed by atoms with Crippen LogP contribution in [-0.4, -0.2) is 20.8 Å². The number of hydrogen-bond acceptors (Lipinski definition) is 6. The van der Waals surface area contributed by atoms with Crippen molar-refractivity contribution in [1.29, 1.82) is 0 Å². The Morgan fingerprint density at radius 2 is 2.10 bits per heavy atom. The van der Waals surface area contributed by atoms with Crippen LogP contribution in [0.15, 0.2) is 30.5 Å². The largest absolute Gasteiger partial charge is 0.378 e. The fraction of sp³-hybridized carbons (Fsp3) is 0. The number of nitrogens with one attached hydrogen (secondary N) is 1. The third-order valence-corrected chi connectivity index (χ3v) is 2.55. The number of carbonyl (C=O) groups excluding carboxylic acids is 1. The third kappa shape index (κ3) is 2.98. The van der Waals surface area contributed by atoms with Crippen LogP contribution in [0.4, 0.5) is 17.3 Å². The SMILES string of the molecule is Nc1nc(NC(=O)c2ccc(Cl)nc2)ccc1[N+](=O)[O-]. The minimum absolute atomic E-state index is 0.105. The Labute approximate surface area is 117 Å². The number of anilines is 2. The van der Waals surface area contributed by atoms with Gasteiger partial charge >= 0.3 is 5.69 Å². The summed E-state index contributed by atoms with van der Waals surface area (Å²) < 4.78 is 0. The van der Waals surface area contributed by atoms with Gasteiger partial charge in [-0.1, -0.05) is 11.6 Å². The van der Waals surface area contributed by atoms with Crippen molar-refractivity contribution in [3.05, 3.63) is 51.3 Å². The molecule has 2 aromatic heterocycles. The summed E-state index contributed by atoms with van der Waals surface area (Å²) in [5, 5.41) is 13.3. The molecule has 2 rings (SSSR count). The fourth-order valence-electron chi connectivity index (χ4n) is 1.39. The Hall–Kier alpha value is -2.74. The van der Waals surface area contributed by atoms with E-state index >= 15 is 0 Å². The molecule has 0 aliphatic rings. The highest BCUT2D eigenvalue weighted by Gasteiger charge is 2.14. The number of nitrogen functional groups attached to an aromatic ring is 1. The highest BCUT2D eigenvalue weighted by atomic mass is 35.5. The molecule has 0 saturated carbocycles. The molecule has 8 nitrogen and oxygen atoms in total. The van der Waals surface area contributed by atoms with E-state index in [0.29, 0.717) is 0 Å². The predicted octanol–water partition coefficient (Wildman–Crippen LogP) is 1.87. The molecule has 0 bridgehead atoms. The molecule has 0 aliphatic carbocycles. The maximum Gasteiger partial charge on any atom is 0.311 e. The fourth-order valence-corrected chi connectivity index (χ4v) is 1.50. The number of nitrogens with zero attached hydrogens (tertiary/aromatic N) is 3. The number of nitrogens with two attached hydrogens (primary N) is 1. The van der Waals surface area contributed by atoms with Crippen LogP contribution in [0.25, 0.3) is 0 Å². The Kier molecular flexibility index (Phi) is 3.76. The van der Waals surface area contributed by atoms with Crippen LogP contribution in [0.3, 0.4) is 0 Å². The van der Waals surface area contributed by atoms with Gasteiger partial charge in [-0.2, -0.15) is 0 Å². The normalized spacial score (nSPS) is 10.1. The van der Waals surface area contributed by atoms with Crippen molar-refractivity contribution in [3.8, 4) is 0 Å².